The molecule has 19 heteroatoms. The van der Waals surface area contributed by atoms with Crippen LogP contribution in [0.3, 0.4) is 0 Å². The Morgan fingerprint density at radius 2 is 1.27 bits per heavy atom. The van der Waals surface area contributed by atoms with E-state index in [-0.39, 0.29) is 42.7 Å². The molecule has 0 aliphatic carbocycles. The van der Waals surface area contributed by atoms with Crippen LogP contribution in [0.4, 0.5) is 0 Å². The molecule has 4 aliphatic rings. The Hall–Kier alpha value is -0.505. The summed E-state index contributed by atoms with van der Waals surface area (Å²) in [6, 6.07) is 9.72. The van der Waals surface area contributed by atoms with Gasteiger partial charge in [-0.25, -0.2) is 13.7 Å². The molecule has 0 aromatic heterocycles. The summed E-state index contributed by atoms with van der Waals surface area (Å²) in [5.74, 6) is 1.42. The first-order valence-corrected chi connectivity index (χ1v) is 31.9. The van der Waals surface area contributed by atoms with Gasteiger partial charge in [-0.05, 0) is 81.6 Å². The third-order valence-corrected chi connectivity index (χ3v) is 18.6. The molecule has 1 aromatic rings. The van der Waals surface area contributed by atoms with Crippen LogP contribution in [-0.2, 0) is 61.5 Å². The number of phosphoric ester groups is 3. The van der Waals surface area contributed by atoms with Crippen molar-refractivity contribution in [3.8, 4) is 0 Å². The summed E-state index contributed by atoms with van der Waals surface area (Å²) in [7, 11) is -4.29. The standard InChI is InChI=1S/C29H55BO10P2.C23H39O5P/c1-6-11-21-13-9-10-14-22(12-7-2)16-18-24-28(25(8-3)38-29(24)30)40-42(33,34)36-19-26-27(39-41(31,32)35-5)23(17-15-21)20(4)37-26;1-5-11-18(12-6-2)15-16-20-22(17-19-13-9-8-10-14-19)27-21(7-3)23(20)28-29(24,25)26-4/h20-29H,6-19H2,1-5H3,(H,31,32)(H,33,34);8-10,13-14,18,20-23H,5-7,11-12,15-17H2,1-4H3,(H,24,25). The zero-order valence-corrected chi connectivity index (χ0v) is 47.4. The van der Waals surface area contributed by atoms with Crippen molar-refractivity contribution in [1.29, 1.82) is 0 Å². The summed E-state index contributed by atoms with van der Waals surface area (Å²) in [6.07, 6.45) is 17.7. The molecule has 4 saturated heterocycles. The van der Waals surface area contributed by atoms with E-state index in [9.17, 15) is 28.4 Å². The quantitative estimate of drug-likeness (QED) is 0.0776. The van der Waals surface area contributed by atoms with Gasteiger partial charge in [0.2, 0.25) is 0 Å². The zero-order chi connectivity index (χ0) is 52.2. The van der Waals surface area contributed by atoms with E-state index in [2.05, 4.69) is 39.8 Å². The fourth-order valence-electron chi connectivity index (χ4n) is 11.9. The first-order valence-electron chi connectivity index (χ1n) is 27.4. The lowest BCUT2D eigenvalue weighted by molar-refractivity contribution is -0.0279. The second-order valence-corrected chi connectivity index (χ2v) is 25.2. The molecule has 15 nitrogen and oxygen atoms in total. The average molecular weight is 1060 g/mol. The van der Waals surface area contributed by atoms with E-state index >= 15 is 0 Å². The van der Waals surface area contributed by atoms with Gasteiger partial charge >= 0.3 is 23.5 Å². The molecule has 2 bridgehead atoms. The van der Waals surface area contributed by atoms with Gasteiger partial charge in [-0.3, -0.25) is 27.1 Å². The van der Waals surface area contributed by atoms with Crippen molar-refractivity contribution in [2.75, 3.05) is 20.8 Å². The van der Waals surface area contributed by atoms with E-state index in [4.69, 9.17) is 49.2 Å². The van der Waals surface area contributed by atoms with Crippen LogP contribution in [-0.4, -0.2) is 98.2 Å². The molecule has 17 unspecified atom stereocenters. The number of rotatable bonds is 21. The van der Waals surface area contributed by atoms with Gasteiger partial charge in [0.15, 0.2) is 0 Å². The summed E-state index contributed by atoms with van der Waals surface area (Å²) < 4.78 is 88.4. The zero-order valence-electron chi connectivity index (χ0n) is 44.8. The maximum atomic E-state index is 13.3. The van der Waals surface area contributed by atoms with Crippen LogP contribution in [0.25, 0.3) is 0 Å². The molecule has 17 atom stereocenters. The Balaban J connectivity index is 0.000000330. The second-order valence-electron chi connectivity index (χ2n) is 20.8. The Labute approximate surface area is 429 Å². The summed E-state index contributed by atoms with van der Waals surface area (Å²) in [5, 5.41) is 0. The molecule has 410 valence electrons. The van der Waals surface area contributed by atoms with Gasteiger partial charge in [-0.2, -0.15) is 0 Å². The summed E-state index contributed by atoms with van der Waals surface area (Å²) >= 11 is 0. The molecule has 4 heterocycles. The van der Waals surface area contributed by atoms with Crippen molar-refractivity contribution < 1.29 is 69.7 Å². The van der Waals surface area contributed by atoms with Crippen molar-refractivity contribution in [2.45, 2.75) is 238 Å². The van der Waals surface area contributed by atoms with Gasteiger partial charge in [0.05, 0.1) is 31.0 Å². The Morgan fingerprint density at radius 1 is 0.704 bits per heavy atom. The lowest BCUT2D eigenvalue weighted by atomic mass is 9.79. The average Bonchev–Trinajstić information content (AvgIpc) is 3.93. The lowest BCUT2D eigenvalue weighted by Gasteiger charge is -2.28. The highest BCUT2D eigenvalue weighted by atomic mass is 31.2. The van der Waals surface area contributed by atoms with E-state index in [1.165, 1.54) is 38.4 Å². The number of hydrogen-bond donors (Lipinski definition) is 3. The molecule has 4 aliphatic heterocycles. The van der Waals surface area contributed by atoms with E-state index < -0.39 is 60.0 Å². The van der Waals surface area contributed by atoms with E-state index in [1.54, 1.807) is 0 Å². The Kier molecular flexibility index (Phi) is 28.1. The minimum absolute atomic E-state index is 0.0203. The molecular weight excluding hydrogens is 968 g/mol. The highest BCUT2D eigenvalue weighted by molar-refractivity contribution is 7.47. The van der Waals surface area contributed by atoms with Crippen molar-refractivity contribution in [3.63, 3.8) is 0 Å². The first-order chi connectivity index (χ1) is 33.9. The molecule has 2 radical (unpaired) electrons. The van der Waals surface area contributed by atoms with Crippen LogP contribution in [0, 0.1) is 35.5 Å². The fraction of sp³-hybridized carbons (Fsp3) is 0.885. The largest absolute Gasteiger partial charge is 0.472 e. The van der Waals surface area contributed by atoms with Crippen molar-refractivity contribution in [3.05, 3.63) is 35.9 Å². The van der Waals surface area contributed by atoms with Gasteiger partial charge < -0.3 is 28.9 Å². The molecule has 4 fully saturated rings. The van der Waals surface area contributed by atoms with E-state index in [0.29, 0.717) is 24.2 Å². The number of hydrogen-bond acceptors (Lipinski definition) is 12. The number of benzene rings is 1. The van der Waals surface area contributed by atoms with E-state index in [0.717, 1.165) is 110 Å². The smallest absolute Gasteiger partial charge is 0.382 e. The van der Waals surface area contributed by atoms with Crippen LogP contribution in [0.2, 0.25) is 0 Å². The molecular formula is C52H94BO15P3. The Bertz CT molecular complexity index is 1760. The molecule has 1 aromatic carbocycles. The number of fused-ring (bicyclic) bond motifs is 3. The first kappa shape index (κ1) is 63.0. The highest BCUT2D eigenvalue weighted by Crippen LogP contribution is 2.53. The van der Waals surface area contributed by atoms with Gasteiger partial charge in [0.25, 0.3) is 0 Å². The topological polar surface area (TPSA) is 195 Å². The molecule has 0 amide bonds. The van der Waals surface area contributed by atoms with Crippen LogP contribution in [0.1, 0.15) is 182 Å². The number of ether oxygens (including phenoxy) is 3. The minimum Gasteiger partial charge on any atom is -0.382 e. The van der Waals surface area contributed by atoms with Crippen LogP contribution >= 0.6 is 23.5 Å². The fourth-order valence-corrected chi connectivity index (χ4v) is 14.3. The summed E-state index contributed by atoms with van der Waals surface area (Å²) in [6.45, 7) is 14.4. The summed E-state index contributed by atoms with van der Waals surface area (Å²) in [4.78, 5) is 31.0. The third kappa shape index (κ3) is 20.4. The molecule has 0 saturated carbocycles. The third-order valence-electron chi connectivity index (χ3n) is 15.6. The Morgan fingerprint density at radius 3 is 1.80 bits per heavy atom. The minimum atomic E-state index is -4.57. The highest BCUT2D eigenvalue weighted by Gasteiger charge is 2.50. The SMILES string of the molecule is CCCC(CCC)CCC1C(Cc2ccccc2)OC(CC)C1OP(=O)(O)OC.[B]C1OC(CC)C2OP(=O)(O)OCC3OC(C)C(CCC(CCC)CCCCC(CCC)CCC12)C3OP(=O)(O)OC. The van der Waals surface area contributed by atoms with Crippen molar-refractivity contribution in [1.82, 2.24) is 0 Å². The van der Waals surface area contributed by atoms with Crippen LogP contribution in [0.15, 0.2) is 30.3 Å². The molecule has 0 spiro atoms. The molecule has 5 rings (SSSR count). The van der Waals surface area contributed by atoms with Crippen LogP contribution < -0.4 is 0 Å². The van der Waals surface area contributed by atoms with Gasteiger partial charge in [-0.1, -0.05) is 155 Å². The molecule has 3 N–H and O–H groups in total. The maximum Gasteiger partial charge on any atom is 0.472 e. The second kappa shape index (κ2) is 31.7. The maximum absolute atomic E-state index is 13.3. The number of phosphoric acid groups is 3. The van der Waals surface area contributed by atoms with Gasteiger partial charge in [-0.15, -0.1) is 0 Å². The predicted molar refractivity (Wildman–Crippen MR) is 279 cm³/mol. The van der Waals surface area contributed by atoms with E-state index in [1.807, 2.05) is 39.0 Å². The van der Waals surface area contributed by atoms with Gasteiger partial charge in [0.1, 0.15) is 32.3 Å². The lowest BCUT2D eigenvalue weighted by Crippen LogP contribution is -2.34. The van der Waals surface area contributed by atoms with Crippen LogP contribution in [0.5, 0.6) is 0 Å². The summed E-state index contributed by atoms with van der Waals surface area (Å²) in [5.41, 5.74) is 1.22. The predicted octanol–water partition coefficient (Wildman–Crippen LogP) is 13.1. The molecule has 71 heavy (non-hydrogen) atoms. The van der Waals surface area contributed by atoms with Crippen molar-refractivity contribution >= 4 is 31.3 Å². The van der Waals surface area contributed by atoms with Gasteiger partial charge in [0, 0.05) is 38.0 Å². The normalized spacial score (nSPS) is 36.1. The monoisotopic (exact) mass is 1060 g/mol. The van der Waals surface area contributed by atoms with Crippen molar-refractivity contribution in [2.24, 2.45) is 35.5 Å².